The molecule has 4 aliphatic rings. The Morgan fingerprint density at radius 1 is 1.11 bits per heavy atom. The minimum atomic E-state index is -0.394. The lowest BCUT2D eigenvalue weighted by molar-refractivity contribution is -0.145. The molecule has 4 fully saturated rings. The lowest BCUT2D eigenvalue weighted by atomic mass is 9.83. The van der Waals surface area contributed by atoms with Gasteiger partial charge in [0.1, 0.15) is 6.04 Å². The second kappa shape index (κ2) is 10.1. The summed E-state index contributed by atoms with van der Waals surface area (Å²) >= 11 is 12.4. The van der Waals surface area contributed by atoms with E-state index in [2.05, 4.69) is 16.7 Å². The summed E-state index contributed by atoms with van der Waals surface area (Å²) in [5.41, 5.74) is 1.57. The van der Waals surface area contributed by atoms with Crippen LogP contribution in [0.2, 0.25) is 10.0 Å². The minimum Gasteiger partial charge on any atom is -0.369 e. The van der Waals surface area contributed by atoms with E-state index in [0.717, 1.165) is 44.1 Å². The molecule has 2 saturated heterocycles. The van der Waals surface area contributed by atoms with Crippen molar-refractivity contribution in [3.63, 3.8) is 0 Å². The molecule has 0 aromatic heterocycles. The highest BCUT2D eigenvalue weighted by molar-refractivity contribution is 6.42. The van der Waals surface area contributed by atoms with Crippen LogP contribution in [0.25, 0.3) is 0 Å². The SMILES string of the molecule is CC1CN(CCC(C(=O)N(C)C2CC2)N2CCN(c3ccc(Cl)c(Cl)c3)CCC2=O)CCC12CC2. The predicted molar refractivity (Wildman–Crippen MR) is 141 cm³/mol. The Bertz CT molecular complexity index is 964. The van der Waals surface area contributed by atoms with Crippen LogP contribution in [0.3, 0.4) is 0 Å². The maximum atomic E-state index is 13.6. The number of carbonyl (C=O) groups excluding carboxylic acids is 2. The van der Waals surface area contributed by atoms with Crippen LogP contribution in [-0.2, 0) is 9.59 Å². The number of hydrogen-bond acceptors (Lipinski definition) is 4. The van der Waals surface area contributed by atoms with E-state index >= 15 is 0 Å². The van der Waals surface area contributed by atoms with Gasteiger partial charge in [0.05, 0.1) is 10.0 Å². The molecule has 1 aromatic carbocycles. The van der Waals surface area contributed by atoms with Gasteiger partial charge in [-0.2, -0.15) is 0 Å². The van der Waals surface area contributed by atoms with E-state index < -0.39 is 6.04 Å². The zero-order chi connectivity index (χ0) is 24.7. The van der Waals surface area contributed by atoms with Gasteiger partial charge in [0.2, 0.25) is 11.8 Å². The highest BCUT2D eigenvalue weighted by Gasteiger charge is 2.49. The molecule has 2 amide bonds. The molecule has 1 aromatic rings. The Morgan fingerprint density at radius 3 is 2.54 bits per heavy atom. The summed E-state index contributed by atoms with van der Waals surface area (Å²) in [6.45, 7) is 7.30. The predicted octanol–water partition coefficient (Wildman–Crippen LogP) is 4.53. The molecule has 2 aliphatic carbocycles. The highest BCUT2D eigenvalue weighted by atomic mass is 35.5. The third-order valence-corrected chi connectivity index (χ3v) is 9.75. The summed E-state index contributed by atoms with van der Waals surface area (Å²) in [5.74, 6) is 0.894. The topological polar surface area (TPSA) is 47.1 Å². The maximum absolute atomic E-state index is 13.6. The van der Waals surface area contributed by atoms with Crippen molar-refractivity contribution in [3.8, 4) is 0 Å². The molecule has 2 aliphatic heterocycles. The molecule has 1 spiro atoms. The van der Waals surface area contributed by atoms with Crippen molar-refractivity contribution in [2.24, 2.45) is 11.3 Å². The third-order valence-electron chi connectivity index (χ3n) is 9.01. The summed E-state index contributed by atoms with van der Waals surface area (Å²) < 4.78 is 0. The quantitative estimate of drug-likeness (QED) is 0.529. The normalized spacial score (nSPS) is 25.5. The number of nitrogens with zero attached hydrogens (tertiary/aromatic N) is 4. The van der Waals surface area contributed by atoms with Gasteiger partial charge in [-0.1, -0.05) is 30.1 Å². The molecule has 5 rings (SSSR count). The molecule has 2 atom stereocenters. The fraction of sp³-hybridized carbons (Fsp3) is 0.704. The van der Waals surface area contributed by atoms with E-state index in [-0.39, 0.29) is 11.8 Å². The smallest absolute Gasteiger partial charge is 0.245 e. The fourth-order valence-corrected chi connectivity index (χ4v) is 6.40. The second-order valence-electron chi connectivity index (χ2n) is 11.2. The van der Waals surface area contributed by atoms with Crippen molar-refractivity contribution >= 4 is 40.7 Å². The third kappa shape index (κ3) is 5.45. The van der Waals surface area contributed by atoms with Crippen molar-refractivity contribution < 1.29 is 9.59 Å². The number of benzene rings is 1. The van der Waals surface area contributed by atoms with Crippen molar-refractivity contribution in [2.45, 2.75) is 64.0 Å². The van der Waals surface area contributed by atoms with Crippen LogP contribution in [0.5, 0.6) is 0 Å². The van der Waals surface area contributed by atoms with Crippen LogP contribution in [0.15, 0.2) is 18.2 Å². The summed E-state index contributed by atoms with van der Waals surface area (Å²) in [7, 11) is 1.91. The Balaban J connectivity index is 1.28. The van der Waals surface area contributed by atoms with Crippen LogP contribution in [0, 0.1) is 11.3 Å². The first kappa shape index (κ1) is 25.2. The average molecular weight is 522 g/mol. The molecule has 6 nitrogen and oxygen atoms in total. The van der Waals surface area contributed by atoms with E-state index in [1.165, 1.54) is 19.3 Å². The van der Waals surface area contributed by atoms with Gasteiger partial charge < -0.3 is 19.6 Å². The Kier molecular flexibility index (Phi) is 7.26. The van der Waals surface area contributed by atoms with Gasteiger partial charge in [-0.25, -0.2) is 0 Å². The first-order chi connectivity index (χ1) is 16.8. The van der Waals surface area contributed by atoms with E-state index in [1.807, 2.05) is 29.0 Å². The Morgan fingerprint density at radius 2 is 1.89 bits per heavy atom. The molecule has 0 radical (unpaired) electrons. The molecule has 0 N–H and O–H groups in total. The Labute approximate surface area is 219 Å². The van der Waals surface area contributed by atoms with Crippen molar-refractivity contribution in [1.82, 2.24) is 14.7 Å². The Hall–Kier alpha value is -1.50. The monoisotopic (exact) mass is 520 g/mol. The molecule has 192 valence electrons. The van der Waals surface area contributed by atoms with E-state index in [0.29, 0.717) is 54.0 Å². The van der Waals surface area contributed by atoms with E-state index in [9.17, 15) is 9.59 Å². The number of anilines is 1. The van der Waals surface area contributed by atoms with Gasteiger partial charge in [-0.05, 0) is 74.6 Å². The van der Waals surface area contributed by atoms with Crippen molar-refractivity contribution in [3.05, 3.63) is 28.2 Å². The second-order valence-corrected chi connectivity index (χ2v) is 12.0. The summed E-state index contributed by atoms with van der Waals surface area (Å²) in [6, 6.07) is 5.55. The number of rotatable bonds is 7. The van der Waals surface area contributed by atoms with Crippen LogP contribution >= 0.6 is 23.2 Å². The number of likely N-dealkylation sites (N-methyl/N-ethyl adjacent to an activating group) is 1. The number of halogens is 2. The zero-order valence-corrected chi connectivity index (χ0v) is 22.5. The number of hydrogen-bond donors (Lipinski definition) is 0. The van der Waals surface area contributed by atoms with E-state index in [1.54, 1.807) is 6.07 Å². The number of amides is 2. The molecule has 2 saturated carbocycles. The molecule has 2 unspecified atom stereocenters. The van der Waals surface area contributed by atoms with Crippen LogP contribution in [-0.4, -0.2) is 84.9 Å². The maximum Gasteiger partial charge on any atom is 0.245 e. The molecule has 0 bridgehead atoms. The number of likely N-dealkylation sites (tertiary alicyclic amines) is 1. The number of carbonyl (C=O) groups is 2. The average Bonchev–Trinajstić information content (AvgIpc) is 3.75. The summed E-state index contributed by atoms with van der Waals surface area (Å²) in [5, 5.41) is 1.04. The fourth-order valence-electron chi connectivity index (χ4n) is 6.11. The molecule has 2 heterocycles. The van der Waals surface area contributed by atoms with Gasteiger partial charge in [-0.15, -0.1) is 0 Å². The van der Waals surface area contributed by atoms with Crippen molar-refractivity contribution in [1.29, 1.82) is 0 Å². The van der Waals surface area contributed by atoms with Gasteiger partial charge in [0.25, 0.3) is 0 Å². The van der Waals surface area contributed by atoms with E-state index in [4.69, 9.17) is 23.2 Å². The van der Waals surface area contributed by atoms with Gasteiger partial charge in [-0.3, -0.25) is 9.59 Å². The van der Waals surface area contributed by atoms with Crippen LogP contribution < -0.4 is 4.90 Å². The van der Waals surface area contributed by atoms with Crippen LogP contribution in [0.1, 0.15) is 51.9 Å². The minimum absolute atomic E-state index is 0.0686. The largest absolute Gasteiger partial charge is 0.369 e. The number of piperidine rings is 1. The standard InChI is InChI=1S/C27H38Cl2N4O2/c1-19-18-31(14-11-27(19)9-10-27)12-7-24(26(35)30(2)20-3-4-20)33-16-15-32(13-8-25(33)34)21-5-6-22(28)23(29)17-21/h5-6,17,19-20,24H,3-4,7-16,18H2,1-2H3. The zero-order valence-electron chi connectivity index (χ0n) is 21.0. The van der Waals surface area contributed by atoms with Gasteiger partial charge >= 0.3 is 0 Å². The summed E-state index contributed by atoms with van der Waals surface area (Å²) in [6.07, 6.45) is 7.27. The van der Waals surface area contributed by atoms with Gasteiger partial charge in [0, 0.05) is 57.9 Å². The first-order valence-electron chi connectivity index (χ1n) is 13.3. The molecular formula is C27H38Cl2N4O2. The summed E-state index contributed by atoms with van der Waals surface area (Å²) in [4.78, 5) is 35.4. The molecular weight excluding hydrogens is 483 g/mol. The molecule has 8 heteroatoms. The lowest BCUT2D eigenvalue weighted by Crippen LogP contribution is -2.53. The van der Waals surface area contributed by atoms with Crippen LogP contribution in [0.4, 0.5) is 5.69 Å². The highest BCUT2D eigenvalue weighted by Crippen LogP contribution is 2.56. The van der Waals surface area contributed by atoms with Gasteiger partial charge in [0.15, 0.2) is 0 Å². The first-order valence-corrected chi connectivity index (χ1v) is 14.0. The molecule has 35 heavy (non-hydrogen) atoms. The van der Waals surface area contributed by atoms with Crippen molar-refractivity contribution in [2.75, 3.05) is 51.2 Å². The lowest BCUT2D eigenvalue weighted by Gasteiger charge is -2.39.